The van der Waals surface area contributed by atoms with E-state index < -0.39 is 5.60 Å². The molecule has 0 amide bonds. The van der Waals surface area contributed by atoms with Gasteiger partial charge in [-0.3, -0.25) is 4.90 Å². The van der Waals surface area contributed by atoms with Gasteiger partial charge < -0.3 is 10.2 Å². The number of hydrogen-bond donors (Lipinski definition) is 2. The molecular formula is C22H26FNO2. The van der Waals surface area contributed by atoms with Crippen molar-refractivity contribution in [3.05, 3.63) is 64.5 Å². The Bertz CT molecular complexity index is 804. The third-order valence-corrected chi connectivity index (χ3v) is 6.18. The number of fused-ring (bicyclic) bond motifs is 2. The smallest absolute Gasteiger partial charge is 0.123 e. The number of halogens is 1. The van der Waals surface area contributed by atoms with Crippen LogP contribution < -0.4 is 0 Å². The molecule has 0 aliphatic carbocycles. The first-order valence-electron chi connectivity index (χ1n) is 9.39. The molecule has 0 spiro atoms. The number of nitrogens with zero attached hydrogens (tertiary/aromatic N) is 1. The van der Waals surface area contributed by atoms with Gasteiger partial charge in [0.2, 0.25) is 0 Å². The Morgan fingerprint density at radius 2 is 1.69 bits per heavy atom. The molecule has 4 rings (SSSR count). The van der Waals surface area contributed by atoms with Crippen molar-refractivity contribution < 1.29 is 14.6 Å². The van der Waals surface area contributed by atoms with E-state index in [0.29, 0.717) is 25.1 Å². The molecule has 2 aliphatic rings. The number of phenols is 1. The number of aryl methyl sites for hydroxylation is 2. The van der Waals surface area contributed by atoms with Crippen LogP contribution in [0.15, 0.2) is 36.4 Å². The fourth-order valence-electron chi connectivity index (χ4n) is 4.94. The van der Waals surface area contributed by atoms with Gasteiger partial charge in [-0.1, -0.05) is 29.8 Å². The Kier molecular flexibility index (Phi) is 4.28. The lowest BCUT2D eigenvalue weighted by atomic mass is 9.80. The summed E-state index contributed by atoms with van der Waals surface area (Å²) in [5.41, 5.74) is 2.95. The van der Waals surface area contributed by atoms with E-state index in [1.165, 1.54) is 12.1 Å². The molecule has 2 aliphatic heterocycles. The van der Waals surface area contributed by atoms with Crippen LogP contribution in [0, 0.1) is 19.7 Å². The topological polar surface area (TPSA) is 43.7 Å². The Balaban J connectivity index is 1.57. The summed E-state index contributed by atoms with van der Waals surface area (Å²) in [5.74, 6) is 0.109. The largest absolute Gasteiger partial charge is 0.507 e. The van der Waals surface area contributed by atoms with Crippen molar-refractivity contribution in [1.82, 2.24) is 4.90 Å². The van der Waals surface area contributed by atoms with Gasteiger partial charge in [0.05, 0.1) is 5.60 Å². The van der Waals surface area contributed by atoms with Gasteiger partial charge in [0, 0.05) is 24.2 Å². The first-order valence-corrected chi connectivity index (χ1v) is 9.39. The Hall–Kier alpha value is -1.91. The molecule has 3 nitrogen and oxygen atoms in total. The summed E-state index contributed by atoms with van der Waals surface area (Å²) in [7, 11) is 0. The minimum atomic E-state index is -0.888. The number of rotatable bonds is 3. The summed E-state index contributed by atoms with van der Waals surface area (Å²) in [5, 5.41) is 21.7. The number of aliphatic hydroxyl groups is 1. The second-order valence-electron chi connectivity index (χ2n) is 8.09. The highest BCUT2D eigenvalue weighted by Crippen LogP contribution is 2.46. The second-order valence-corrected chi connectivity index (χ2v) is 8.09. The number of phenolic OH excluding ortho intramolecular Hbond substituents is 1. The zero-order valence-corrected chi connectivity index (χ0v) is 15.4. The van der Waals surface area contributed by atoms with Gasteiger partial charge in [0.15, 0.2) is 0 Å². The number of hydrogen-bond acceptors (Lipinski definition) is 3. The third kappa shape index (κ3) is 3.01. The molecular weight excluding hydrogens is 329 g/mol. The summed E-state index contributed by atoms with van der Waals surface area (Å²) in [4.78, 5) is 2.44. The molecule has 0 saturated carbocycles. The molecule has 0 aromatic heterocycles. The van der Waals surface area contributed by atoms with E-state index in [2.05, 4.69) is 11.0 Å². The van der Waals surface area contributed by atoms with Crippen molar-refractivity contribution in [3.8, 4) is 5.75 Å². The molecule has 2 aromatic carbocycles. The van der Waals surface area contributed by atoms with Crippen LogP contribution in [0.2, 0.25) is 0 Å². The average Bonchev–Trinajstić information content (AvgIpc) is 2.83. The van der Waals surface area contributed by atoms with Gasteiger partial charge in [-0.25, -0.2) is 4.39 Å². The molecule has 2 saturated heterocycles. The quantitative estimate of drug-likeness (QED) is 0.869. The number of aromatic hydroxyl groups is 1. The Morgan fingerprint density at radius 3 is 2.31 bits per heavy atom. The highest BCUT2D eigenvalue weighted by atomic mass is 19.1. The van der Waals surface area contributed by atoms with Crippen LogP contribution in [0.25, 0.3) is 0 Å². The number of benzene rings is 2. The van der Waals surface area contributed by atoms with Gasteiger partial charge in [-0.2, -0.15) is 0 Å². The van der Waals surface area contributed by atoms with Crippen LogP contribution in [-0.2, 0) is 12.1 Å². The van der Waals surface area contributed by atoms with E-state index in [-0.39, 0.29) is 17.9 Å². The molecule has 4 heteroatoms. The lowest BCUT2D eigenvalue weighted by Gasteiger charge is -2.44. The first-order chi connectivity index (χ1) is 12.4. The van der Waals surface area contributed by atoms with Crippen molar-refractivity contribution >= 4 is 0 Å². The maximum absolute atomic E-state index is 13.2. The molecule has 26 heavy (non-hydrogen) atoms. The van der Waals surface area contributed by atoms with Crippen molar-refractivity contribution in [1.29, 1.82) is 0 Å². The molecule has 2 heterocycles. The highest BCUT2D eigenvalue weighted by Gasteiger charge is 2.48. The molecule has 2 aromatic rings. The number of piperidine rings is 1. The first kappa shape index (κ1) is 17.5. The molecule has 2 unspecified atom stereocenters. The van der Waals surface area contributed by atoms with E-state index in [9.17, 15) is 14.6 Å². The fourth-order valence-corrected chi connectivity index (χ4v) is 4.94. The van der Waals surface area contributed by atoms with Crippen LogP contribution in [0.5, 0.6) is 5.75 Å². The molecule has 2 atom stereocenters. The Morgan fingerprint density at radius 1 is 1.08 bits per heavy atom. The van der Waals surface area contributed by atoms with Gasteiger partial charge in [0.25, 0.3) is 0 Å². The van der Waals surface area contributed by atoms with Crippen molar-refractivity contribution in [3.63, 3.8) is 0 Å². The van der Waals surface area contributed by atoms with Gasteiger partial charge in [0.1, 0.15) is 11.6 Å². The van der Waals surface area contributed by atoms with E-state index in [0.717, 1.165) is 35.1 Å². The minimum absolute atomic E-state index is 0.275. The third-order valence-electron chi connectivity index (χ3n) is 6.18. The standard InChI is InChI=1S/C22H26FNO2/c1-14-9-15(2)21(25)16(10-14)13-24-19-7-8-20(24)12-22(26,11-19)17-3-5-18(23)6-4-17/h3-6,9-10,19-20,25-26H,7-8,11-13H2,1-2H3. The highest BCUT2D eigenvalue weighted by molar-refractivity contribution is 5.42. The molecule has 2 N–H and O–H groups in total. The van der Waals surface area contributed by atoms with E-state index in [1.807, 2.05) is 19.9 Å². The average molecular weight is 355 g/mol. The fraction of sp³-hybridized carbons (Fsp3) is 0.455. The maximum Gasteiger partial charge on any atom is 0.123 e. The zero-order chi connectivity index (χ0) is 18.5. The molecule has 2 bridgehead atoms. The summed E-state index contributed by atoms with van der Waals surface area (Å²) in [6.45, 7) is 4.70. The van der Waals surface area contributed by atoms with Crippen LogP contribution in [0.3, 0.4) is 0 Å². The van der Waals surface area contributed by atoms with E-state index in [4.69, 9.17) is 0 Å². The lowest BCUT2D eigenvalue weighted by Crippen LogP contribution is -2.49. The minimum Gasteiger partial charge on any atom is -0.507 e. The maximum atomic E-state index is 13.2. The SMILES string of the molecule is Cc1cc(C)c(O)c(CN2C3CCC2CC(O)(c2ccc(F)cc2)C3)c1. The van der Waals surface area contributed by atoms with Gasteiger partial charge in [-0.15, -0.1) is 0 Å². The molecule has 0 radical (unpaired) electrons. The van der Waals surface area contributed by atoms with Crippen LogP contribution in [-0.4, -0.2) is 27.2 Å². The van der Waals surface area contributed by atoms with Gasteiger partial charge in [-0.05, 0) is 62.8 Å². The van der Waals surface area contributed by atoms with E-state index >= 15 is 0 Å². The second kappa shape index (κ2) is 6.36. The predicted octanol–water partition coefficient (Wildman–Crippen LogP) is 4.16. The monoisotopic (exact) mass is 355 g/mol. The predicted molar refractivity (Wildman–Crippen MR) is 99.5 cm³/mol. The Labute approximate surface area is 154 Å². The van der Waals surface area contributed by atoms with Gasteiger partial charge >= 0.3 is 0 Å². The van der Waals surface area contributed by atoms with Crippen molar-refractivity contribution in [2.75, 3.05) is 0 Å². The van der Waals surface area contributed by atoms with Crippen LogP contribution in [0.1, 0.15) is 47.9 Å². The lowest BCUT2D eigenvalue weighted by molar-refractivity contribution is -0.0596. The molecule has 2 fully saturated rings. The molecule has 138 valence electrons. The van der Waals surface area contributed by atoms with Crippen LogP contribution in [0.4, 0.5) is 4.39 Å². The summed E-state index contributed by atoms with van der Waals surface area (Å²) < 4.78 is 13.2. The summed E-state index contributed by atoms with van der Waals surface area (Å²) >= 11 is 0. The zero-order valence-electron chi connectivity index (χ0n) is 15.4. The normalized spacial score (nSPS) is 28.5. The summed E-state index contributed by atoms with van der Waals surface area (Å²) in [6, 6.07) is 10.9. The van der Waals surface area contributed by atoms with Crippen molar-refractivity contribution in [2.24, 2.45) is 0 Å². The van der Waals surface area contributed by atoms with Crippen LogP contribution >= 0.6 is 0 Å². The van der Waals surface area contributed by atoms with E-state index in [1.54, 1.807) is 12.1 Å². The van der Waals surface area contributed by atoms with Crippen molar-refractivity contribution in [2.45, 2.75) is 63.8 Å². The summed E-state index contributed by atoms with van der Waals surface area (Å²) in [6.07, 6.45) is 3.42.